The Kier molecular flexibility index (Phi) is 4.14. The fourth-order valence-electron chi connectivity index (χ4n) is 6.37. The van der Waals surface area contributed by atoms with E-state index in [1.54, 1.807) is 0 Å². The normalized spacial score (nSPS) is 32.9. The Balaban J connectivity index is 1.22. The first-order valence-electron chi connectivity index (χ1n) is 12.1. The molecule has 0 unspecified atom stereocenters. The van der Waals surface area contributed by atoms with E-state index in [0.717, 1.165) is 35.2 Å². The second-order valence-corrected chi connectivity index (χ2v) is 10.9. The number of ether oxygens (including phenoxy) is 1. The number of alkyl halides is 3. The van der Waals surface area contributed by atoms with Crippen LogP contribution in [0, 0.1) is 12.3 Å². The monoisotopic (exact) mass is 469 g/mol. The number of rotatable bonds is 4. The summed E-state index contributed by atoms with van der Waals surface area (Å²) < 4.78 is 48.7. The van der Waals surface area contributed by atoms with E-state index in [2.05, 4.69) is 16.3 Å². The molecular formula is C25H26F3N5O. The summed E-state index contributed by atoms with van der Waals surface area (Å²) in [6.07, 6.45) is 3.98. The van der Waals surface area contributed by atoms with Crippen molar-refractivity contribution in [2.24, 2.45) is 5.41 Å². The lowest BCUT2D eigenvalue weighted by Gasteiger charge is -2.70. The Morgan fingerprint density at radius 3 is 2.59 bits per heavy atom. The van der Waals surface area contributed by atoms with Crippen LogP contribution in [0.4, 0.5) is 13.2 Å². The minimum Gasteiger partial charge on any atom is -0.373 e. The number of halogens is 3. The maximum absolute atomic E-state index is 13.5. The third-order valence-electron chi connectivity index (χ3n) is 8.41. The molecular weight excluding hydrogens is 443 g/mol. The number of pyridine rings is 1. The number of fused-ring (bicyclic) bond motifs is 1. The molecule has 1 aliphatic heterocycles. The van der Waals surface area contributed by atoms with Gasteiger partial charge in [0.15, 0.2) is 5.65 Å². The standard InChI is InChI=1S/C25H26F3N5O/c1-14-2-5-18-20(23-11-24(12-23,13-23)25(26,27)28)31-21(32-22(18)30-14)15-6-7-34-19(8-15)16-9-29-33(10-16)17-3-4-17/h2,5,9-10,15,17,19H,3-4,6-8,11-13H2,1H3/t15-,19+,23?,24?/m1/s1. The Morgan fingerprint density at radius 2 is 1.85 bits per heavy atom. The van der Waals surface area contributed by atoms with Gasteiger partial charge in [0.1, 0.15) is 5.82 Å². The SMILES string of the molecule is Cc1ccc2c(C34CC(C(F)(F)F)(C3)C4)nc([C@@H]3CCO[C@H](c4cnn(C5CC5)c4)C3)nc2n1. The molecule has 9 heteroatoms. The molecule has 4 saturated carbocycles. The van der Waals surface area contributed by atoms with Gasteiger partial charge in [0.25, 0.3) is 0 Å². The lowest BCUT2D eigenvalue weighted by atomic mass is 9.33. The lowest BCUT2D eigenvalue weighted by Crippen LogP contribution is -2.70. The maximum atomic E-state index is 13.5. The predicted molar refractivity (Wildman–Crippen MR) is 117 cm³/mol. The Hall–Kier alpha value is -2.55. The van der Waals surface area contributed by atoms with Gasteiger partial charge in [0.2, 0.25) is 0 Å². The molecule has 8 rings (SSSR count). The molecule has 3 aromatic rings. The fourth-order valence-corrected chi connectivity index (χ4v) is 6.37. The minimum atomic E-state index is -4.14. The van der Waals surface area contributed by atoms with Crippen LogP contribution < -0.4 is 0 Å². The van der Waals surface area contributed by atoms with Gasteiger partial charge in [-0.05, 0) is 64.0 Å². The summed E-state index contributed by atoms with van der Waals surface area (Å²) in [7, 11) is 0. The van der Waals surface area contributed by atoms with Gasteiger partial charge in [-0.3, -0.25) is 4.68 Å². The van der Waals surface area contributed by atoms with E-state index in [1.165, 1.54) is 12.8 Å². The molecule has 0 amide bonds. The van der Waals surface area contributed by atoms with Gasteiger partial charge >= 0.3 is 6.18 Å². The van der Waals surface area contributed by atoms with Crippen LogP contribution in [0.3, 0.4) is 0 Å². The summed E-state index contributed by atoms with van der Waals surface area (Å²) in [6, 6.07) is 4.33. The van der Waals surface area contributed by atoms with Gasteiger partial charge in [-0.2, -0.15) is 18.3 Å². The van der Waals surface area contributed by atoms with Crippen LogP contribution >= 0.6 is 0 Å². The van der Waals surface area contributed by atoms with Crippen molar-refractivity contribution in [3.8, 4) is 0 Å². The minimum absolute atomic E-state index is 0.0670. The summed E-state index contributed by atoms with van der Waals surface area (Å²) in [4.78, 5) is 14.4. The highest BCUT2D eigenvalue weighted by atomic mass is 19.4. The summed E-state index contributed by atoms with van der Waals surface area (Å²) in [6.45, 7) is 2.49. The highest BCUT2D eigenvalue weighted by molar-refractivity contribution is 5.79. The van der Waals surface area contributed by atoms with Crippen LogP contribution in [0.15, 0.2) is 24.5 Å². The van der Waals surface area contributed by atoms with Crippen molar-refractivity contribution < 1.29 is 17.9 Å². The predicted octanol–water partition coefficient (Wildman–Crippen LogP) is 5.48. The number of aryl methyl sites for hydroxylation is 1. The second-order valence-electron chi connectivity index (χ2n) is 10.9. The van der Waals surface area contributed by atoms with Crippen molar-refractivity contribution in [2.75, 3.05) is 6.61 Å². The van der Waals surface area contributed by atoms with Crippen molar-refractivity contribution >= 4 is 11.0 Å². The first-order valence-corrected chi connectivity index (χ1v) is 12.1. The molecule has 4 heterocycles. The molecule has 2 atom stereocenters. The maximum Gasteiger partial charge on any atom is 0.394 e. The van der Waals surface area contributed by atoms with E-state index >= 15 is 0 Å². The second kappa shape index (κ2) is 6.77. The Morgan fingerprint density at radius 1 is 1.06 bits per heavy atom. The molecule has 0 radical (unpaired) electrons. The summed E-state index contributed by atoms with van der Waals surface area (Å²) >= 11 is 0. The third kappa shape index (κ3) is 2.98. The Bertz CT molecular complexity index is 1280. The van der Waals surface area contributed by atoms with E-state index in [9.17, 15) is 13.2 Å². The van der Waals surface area contributed by atoms with Gasteiger partial charge in [0.05, 0.1) is 29.5 Å². The Labute approximate surface area is 194 Å². The lowest BCUT2D eigenvalue weighted by molar-refractivity contribution is -0.337. The molecule has 0 aromatic carbocycles. The zero-order chi connectivity index (χ0) is 23.3. The quantitative estimate of drug-likeness (QED) is 0.506. The molecule has 5 aliphatic rings. The molecule has 6 nitrogen and oxygen atoms in total. The van der Waals surface area contributed by atoms with E-state index in [-0.39, 0.29) is 31.3 Å². The van der Waals surface area contributed by atoms with Crippen LogP contribution in [0.1, 0.15) is 85.8 Å². The zero-order valence-corrected chi connectivity index (χ0v) is 19.0. The van der Waals surface area contributed by atoms with Crippen LogP contribution in [0.2, 0.25) is 0 Å². The van der Waals surface area contributed by atoms with Gasteiger partial charge in [-0.15, -0.1) is 0 Å². The van der Waals surface area contributed by atoms with E-state index in [0.29, 0.717) is 24.1 Å². The van der Waals surface area contributed by atoms with Gasteiger partial charge < -0.3 is 4.74 Å². The van der Waals surface area contributed by atoms with Crippen molar-refractivity contribution in [1.82, 2.24) is 24.7 Å². The molecule has 178 valence electrons. The van der Waals surface area contributed by atoms with Gasteiger partial charge in [0, 0.05) is 40.8 Å². The molecule has 3 aromatic heterocycles. The summed E-state index contributed by atoms with van der Waals surface area (Å²) in [5.74, 6) is 0.756. The number of aromatic nitrogens is 5. The molecule has 4 aliphatic carbocycles. The highest BCUT2D eigenvalue weighted by Crippen LogP contribution is 2.78. The van der Waals surface area contributed by atoms with E-state index in [1.807, 2.05) is 29.9 Å². The van der Waals surface area contributed by atoms with Crippen molar-refractivity contribution in [2.45, 2.75) is 81.5 Å². The largest absolute Gasteiger partial charge is 0.394 e. The highest BCUT2D eigenvalue weighted by Gasteiger charge is 2.79. The van der Waals surface area contributed by atoms with Crippen molar-refractivity contribution in [3.05, 3.63) is 47.3 Å². The first kappa shape index (κ1) is 20.8. The molecule has 0 N–H and O–H groups in total. The average molecular weight is 470 g/mol. The van der Waals surface area contributed by atoms with Crippen LogP contribution in [-0.2, 0) is 10.2 Å². The van der Waals surface area contributed by atoms with Crippen molar-refractivity contribution in [3.63, 3.8) is 0 Å². The topological polar surface area (TPSA) is 65.7 Å². The fraction of sp³-hybridized carbons (Fsp3) is 0.600. The molecule has 34 heavy (non-hydrogen) atoms. The van der Waals surface area contributed by atoms with E-state index in [4.69, 9.17) is 14.7 Å². The smallest absolute Gasteiger partial charge is 0.373 e. The van der Waals surface area contributed by atoms with Gasteiger partial charge in [-0.25, -0.2) is 15.0 Å². The zero-order valence-electron chi connectivity index (χ0n) is 19.0. The summed E-state index contributed by atoms with van der Waals surface area (Å²) in [5.41, 5.74) is 1.24. The number of nitrogens with zero attached hydrogens (tertiary/aromatic N) is 5. The van der Waals surface area contributed by atoms with Gasteiger partial charge in [-0.1, -0.05) is 0 Å². The molecule has 2 bridgehead atoms. The van der Waals surface area contributed by atoms with E-state index < -0.39 is 17.0 Å². The van der Waals surface area contributed by atoms with Crippen LogP contribution in [0.5, 0.6) is 0 Å². The van der Waals surface area contributed by atoms with Crippen molar-refractivity contribution in [1.29, 1.82) is 0 Å². The third-order valence-corrected chi connectivity index (χ3v) is 8.41. The average Bonchev–Trinajstić information content (AvgIpc) is 3.47. The molecule has 0 spiro atoms. The van der Waals surface area contributed by atoms with Crippen LogP contribution in [-0.4, -0.2) is 37.5 Å². The molecule has 1 saturated heterocycles. The number of hydrogen-bond donors (Lipinski definition) is 0. The molecule has 5 fully saturated rings. The number of hydrogen-bond acceptors (Lipinski definition) is 5. The first-order chi connectivity index (χ1) is 16.3. The van der Waals surface area contributed by atoms with Crippen LogP contribution in [0.25, 0.3) is 11.0 Å². The summed E-state index contributed by atoms with van der Waals surface area (Å²) in [5, 5.41) is 5.29.